The summed E-state index contributed by atoms with van der Waals surface area (Å²) in [6, 6.07) is 5.33. The molecule has 0 radical (unpaired) electrons. The van der Waals surface area contributed by atoms with Gasteiger partial charge in [0, 0.05) is 36.9 Å². The largest absolute Gasteiger partial charge is 0.381 e. The maximum Gasteiger partial charge on any atom is 0.240 e. The van der Waals surface area contributed by atoms with E-state index in [9.17, 15) is 9.59 Å². The number of halogens is 2. The summed E-state index contributed by atoms with van der Waals surface area (Å²) in [4.78, 5) is 24.1. The number of carbonyl (C=O) groups excluding carboxylic acids is 2. The van der Waals surface area contributed by atoms with Crippen LogP contribution in [0.4, 0.5) is 5.69 Å². The number of benzene rings is 1. The lowest BCUT2D eigenvalue weighted by atomic mass is 9.90. The predicted octanol–water partition coefficient (Wildman–Crippen LogP) is 2.02. The lowest BCUT2D eigenvalue weighted by Gasteiger charge is -2.31. The van der Waals surface area contributed by atoms with Gasteiger partial charge in [-0.25, -0.2) is 0 Å². The van der Waals surface area contributed by atoms with Gasteiger partial charge in [-0.3, -0.25) is 9.59 Å². The van der Waals surface area contributed by atoms with Crippen LogP contribution in [0.15, 0.2) is 18.2 Å². The molecule has 1 aliphatic heterocycles. The van der Waals surface area contributed by atoms with Crippen molar-refractivity contribution in [3.63, 3.8) is 0 Å². The monoisotopic (exact) mass is 375 g/mol. The zero-order valence-corrected chi connectivity index (χ0v) is 15.1. The number of anilines is 1. The molecule has 134 valence electrons. The van der Waals surface area contributed by atoms with E-state index in [4.69, 9.17) is 22.1 Å². The second-order valence-electron chi connectivity index (χ2n) is 5.73. The molecule has 4 N–H and O–H groups in total. The first-order chi connectivity index (χ1) is 10.9. The molecule has 0 bridgehead atoms. The molecule has 0 aliphatic carbocycles. The number of carbonyl (C=O) groups is 2. The number of nitrogens with one attached hydrogen (secondary N) is 2. The Morgan fingerprint density at radius 2 is 2.00 bits per heavy atom. The SMILES string of the molecule is Cc1c(Cl)cccc1NC(=O)CCNC(=O)C1(N)CCOCC1.Cl. The van der Waals surface area contributed by atoms with Crippen molar-refractivity contribution in [2.75, 3.05) is 25.1 Å². The molecule has 1 aliphatic rings. The van der Waals surface area contributed by atoms with Gasteiger partial charge in [0.15, 0.2) is 0 Å². The van der Waals surface area contributed by atoms with E-state index >= 15 is 0 Å². The first-order valence-electron chi connectivity index (χ1n) is 7.62. The molecular formula is C16H23Cl2N3O3. The summed E-state index contributed by atoms with van der Waals surface area (Å²) in [6.07, 6.45) is 1.16. The third kappa shape index (κ3) is 5.34. The summed E-state index contributed by atoms with van der Waals surface area (Å²) < 4.78 is 5.21. The minimum Gasteiger partial charge on any atom is -0.381 e. The fourth-order valence-electron chi connectivity index (χ4n) is 2.38. The number of amides is 2. The summed E-state index contributed by atoms with van der Waals surface area (Å²) in [5.41, 5.74) is 6.67. The minimum absolute atomic E-state index is 0. The molecule has 0 saturated carbocycles. The number of rotatable bonds is 5. The molecule has 24 heavy (non-hydrogen) atoms. The zero-order valence-electron chi connectivity index (χ0n) is 13.6. The Balaban J connectivity index is 0.00000288. The molecule has 8 heteroatoms. The molecule has 1 saturated heterocycles. The van der Waals surface area contributed by atoms with Crippen LogP contribution in [0.5, 0.6) is 0 Å². The standard InChI is InChI=1S/C16H22ClN3O3.ClH/c1-11-12(17)3-2-4-13(11)20-14(21)5-8-19-15(22)16(18)6-9-23-10-7-16;/h2-4H,5-10,18H2,1H3,(H,19,22)(H,20,21);1H. The number of hydrogen-bond acceptors (Lipinski definition) is 4. The quantitative estimate of drug-likeness (QED) is 0.733. The Bertz CT molecular complexity index is 590. The molecule has 1 heterocycles. The Morgan fingerprint density at radius 3 is 2.67 bits per heavy atom. The van der Waals surface area contributed by atoms with Gasteiger partial charge in [-0.2, -0.15) is 0 Å². The Labute approximate surface area is 152 Å². The van der Waals surface area contributed by atoms with Crippen LogP contribution in [-0.2, 0) is 14.3 Å². The lowest BCUT2D eigenvalue weighted by Crippen LogP contribution is -2.57. The highest BCUT2D eigenvalue weighted by atomic mass is 35.5. The molecule has 2 amide bonds. The van der Waals surface area contributed by atoms with E-state index in [2.05, 4.69) is 10.6 Å². The minimum atomic E-state index is -0.891. The molecule has 1 fully saturated rings. The van der Waals surface area contributed by atoms with Crippen LogP contribution in [0.3, 0.4) is 0 Å². The summed E-state index contributed by atoms with van der Waals surface area (Å²) in [5.74, 6) is -0.416. The Morgan fingerprint density at radius 1 is 1.33 bits per heavy atom. The van der Waals surface area contributed by atoms with Crippen LogP contribution in [0.25, 0.3) is 0 Å². The molecule has 0 spiro atoms. The van der Waals surface area contributed by atoms with E-state index in [0.717, 1.165) is 5.56 Å². The molecule has 0 atom stereocenters. The zero-order chi connectivity index (χ0) is 16.9. The first-order valence-corrected chi connectivity index (χ1v) is 8.00. The van der Waals surface area contributed by atoms with Crippen LogP contribution in [-0.4, -0.2) is 37.1 Å². The number of hydrogen-bond donors (Lipinski definition) is 3. The molecule has 6 nitrogen and oxygen atoms in total. The van der Waals surface area contributed by atoms with Crippen molar-refractivity contribution in [3.05, 3.63) is 28.8 Å². The van der Waals surface area contributed by atoms with E-state index in [1.807, 2.05) is 6.92 Å². The van der Waals surface area contributed by atoms with Gasteiger partial charge in [0.2, 0.25) is 11.8 Å². The van der Waals surface area contributed by atoms with Crippen LogP contribution >= 0.6 is 24.0 Å². The fraction of sp³-hybridized carbons (Fsp3) is 0.500. The van der Waals surface area contributed by atoms with Crippen molar-refractivity contribution in [1.82, 2.24) is 5.32 Å². The van der Waals surface area contributed by atoms with Crippen LogP contribution < -0.4 is 16.4 Å². The van der Waals surface area contributed by atoms with E-state index in [-0.39, 0.29) is 37.2 Å². The Hall–Kier alpha value is -1.34. The van der Waals surface area contributed by atoms with Gasteiger partial charge in [0.05, 0.1) is 5.54 Å². The van der Waals surface area contributed by atoms with Crippen molar-refractivity contribution in [2.45, 2.75) is 31.7 Å². The summed E-state index contributed by atoms with van der Waals surface area (Å²) in [6.45, 7) is 3.05. The molecule has 0 aromatic heterocycles. The van der Waals surface area contributed by atoms with Crippen LogP contribution in [0.1, 0.15) is 24.8 Å². The second kappa shape index (κ2) is 9.22. The van der Waals surface area contributed by atoms with Gasteiger partial charge in [-0.1, -0.05) is 17.7 Å². The van der Waals surface area contributed by atoms with Gasteiger partial charge in [0.1, 0.15) is 0 Å². The number of ether oxygens (including phenoxy) is 1. The van der Waals surface area contributed by atoms with E-state index in [1.165, 1.54) is 0 Å². The van der Waals surface area contributed by atoms with Gasteiger partial charge in [-0.15, -0.1) is 12.4 Å². The van der Waals surface area contributed by atoms with Crippen molar-refractivity contribution in [1.29, 1.82) is 0 Å². The van der Waals surface area contributed by atoms with Crippen LogP contribution in [0.2, 0.25) is 5.02 Å². The molecule has 0 unspecified atom stereocenters. The smallest absolute Gasteiger partial charge is 0.240 e. The molecule has 1 aromatic carbocycles. The van der Waals surface area contributed by atoms with E-state index < -0.39 is 5.54 Å². The molecular weight excluding hydrogens is 353 g/mol. The third-order valence-corrected chi connectivity index (χ3v) is 4.43. The highest BCUT2D eigenvalue weighted by Gasteiger charge is 2.35. The van der Waals surface area contributed by atoms with Crippen molar-refractivity contribution < 1.29 is 14.3 Å². The first kappa shape index (κ1) is 20.7. The highest BCUT2D eigenvalue weighted by molar-refractivity contribution is 6.31. The third-order valence-electron chi connectivity index (χ3n) is 4.02. The lowest BCUT2D eigenvalue weighted by molar-refractivity contribution is -0.129. The summed E-state index contributed by atoms with van der Waals surface area (Å²) >= 11 is 6.01. The van der Waals surface area contributed by atoms with Crippen molar-refractivity contribution in [3.8, 4) is 0 Å². The average molecular weight is 376 g/mol. The van der Waals surface area contributed by atoms with Crippen molar-refractivity contribution >= 4 is 41.5 Å². The maximum atomic E-state index is 12.1. The van der Waals surface area contributed by atoms with Gasteiger partial charge < -0.3 is 21.1 Å². The second-order valence-corrected chi connectivity index (χ2v) is 6.14. The van der Waals surface area contributed by atoms with Crippen molar-refractivity contribution in [2.24, 2.45) is 5.73 Å². The van der Waals surface area contributed by atoms with E-state index in [0.29, 0.717) is 36.8 Å². The van der Waals surface area contributed by atoms with E-state index in [1.54, 1.807) is 18.2 Å². The molecule has 2 rings (SSSR count). The van der Waals surface area contributed by atoms with Gasteiger partial charge in [-0.05, 0) is 37.5 Å². The summed E-state index contributed by atoms with van der Waals surface area (Å²) in [5, 5.41) is 6.11. The van der Waals surface area contributed by atoms with Gasteiger partial charge in [0.25, 0.3) is 0 Å². The Kier molecular flexibility index (Phi) is 7.96. The fourth-order valence-corrected chi connectivity index (χ4v) is 2.56. The summed E-state index contributed by atoms with van der Waals surface area (Å²) in [7, 11) is 0. The topological polar surface area (TPSA) is 93.5 Å². The maximum absolute atomic E-state index is 12.1. The number of nitrogens with two attached hydrogens (primary N) is 1. The molecule has 1 aromatic rings. The average Bonchev–Trinajstić information content (AvgIpc) is 2.52. The predicted molar refractivity (Wildman–Crippen MR) is 96.7 cm³/mol. The normalized spacial score (nSPS) is 16.0. The highest BCUT2D eigenvalue weighted by Crippen LogP contribution is 2.23. The van der Waals surface area contributed by atoms with Gasteiger partial charge >= 0.3 is 0 Å². The van der Waals surface area contributed by atoms with Crippen LogP contribution in [0, 0.1) is 6.92 Å².